The quantitative estimate of drug-likeness (QED) is 0.178. The summed E-state index contributed by atoms with van der Waals surface area (Å²) in [5.41, 5.74) is 12.6. The lowest BCUT2D eigenvalue weighted by atomic mass is 10.00. The van der Waals surface area contributed by atoms with Crippen molar-refractivity contribution in [3.63, 3.8) is 0 Å². The topological polar surface area (TPSA) is 27.2 Å². The molecule has 0 saturated carbocycles. The molecule has 8 aromatic carbocycles. The van der Waals surface area contributed by atoms with Crippen molar-refractivity contribution in [1.29, 1.82) is 0 Å². The largest absolute Gasteiger partial charge is 0.309 e. The molecule has 0 spiro atoms. The smallest absolute Gasteiger partial charge is 0.147 e. The minimum atomic E-state index is 1.01. The summed E-state index contributed by atoms with van der Waals surface area (Å²) in [6.07, 6.45) is 0. The van der Waals surface area contributed by atoms with Crippen molar-refractivity contribution in [2.24, 2.45) is 0 Å². The number of fused-ring (bicyclic) bond motifs is 16. The number of nitrogens with zero attached hydrogens (tertiary/aromatic N) is 4. The number of aromatic nitrogens is 4. The molecule has 0 aliphatic rings. The number of rotatable bonds is 3. The van der Waals surface area contributed by atoms with Gasteiger partial charge in [-0.05, 0) is 83.2 Å². The highest BCUT2D eigenvalue weighted by atomic mass is 32.1. The van der Waals surface area contributed by atoms with Crippen LogP contribution in [0.1, 0.15) is 0 Å². The van der Waals surface area contributed by atoms with E-state index in [1.807, 2.05) is 11.3 Å². The van der Waals surface area contributed by atoms with Crippen LogP contribution < -0.4 is 0 Å². The first-order valence-corrected chi connectivity index (χ1v) is 19.9. The van der Waals surface area contributed by atoms with E-state index in [0.29, 0.717) is 0 Å². The summed E-state index contributed by atoms with van der Waals surface area (Å²) in [6, 6.07) is 66.6. The molecule has 0 bridgehead atoms. The molecule has 260 valence electrons. The monoisotopic (exact) mass is 730 g/mol. The van der Waals surface area contributed by atoms with Crippen LogP contribution in [0.15, 0.2) is 182 Å². The fourth-order valence-corrected chi connectivity index (χ4v) is 10.6. The zero-order valence-corrected chi connectivity index (χ0v) is 30.8. The summed E-state index contributed by atoms with van der Waals surface area (Å²) in [6.45, 7) is 0. The van der Waals surface area contributed by atoms with Crippen LogP contribution in [0.25, 0.3) is 114 Å². The van der Waals surface area contributed by atoms with Crippen molar-refractivity contribution >= 4 is 103 Å². The fraction of sp³-hybridized carbons (Fsp3) is 0. The van der Waals surface area contributed by atoms with Gasteiger partial charge in [-0.25, -0.2) is 4.98 Å². The van der Waals surface area contributed by atoms with Crippen molar-refractivity contribution < 1.29 is 0 Å². The van der Waals surface area contributed by atoms with Crippen molar-refractivity contribution in [2.45, 2.75) is 0 Å². The van der Waals surface area contributed by atoms with Crippen LogP contribution in [-0.4, -0.2) is 18.5 Å². The highest BCUT2D eigenvalue weighted by Crippen LogP contribution is 2.44. The van der Waals surface area contributed by atoms with E-state index < -0.39 is 0 Å². The Bertz CT molecular complexity index is 3540. The predicted octanol–water partition coefficient (Wildman–Crippen LogP) is 13.9. The van der Waals surface area contributed by atoms with Gasteiger partial charge in [0.15, 0.2) is 0 Å². The van der Waals surface area contributed by atoms with Gasteiger partial charge >= 0.3 is 0 Å². The van der Waals surface area contributed by atoms with E-state index in [1.54, 1.807) is 0 Å². The molecule has 0 aliphatic heterocycles. The highest BCUT2D eigenvalue weighted by Gasteiger charge is 2.20. The average molecular weight is 731 g/mol. The molecule has 0 saturated heterocycles. The summed E-state index contributed by atoms with van der Waals surface area (Å²) in [7, 11) is 0. The lowest BCUT2D eigenvalue weighted by molar-refractivity contribution is 1.13. The normalized spacial score (nSPS) is 12.3. The number of hydrogen-bond donors (Lipinski definition) is 0. The molecule has 0 fully saturated rings. The van der Waals surface area contributed by atoms with Crippen LogP contribution in [-0.2, 0) is 0 Å². The third-order valence-electron chi connectivity index (χ3n) is 11.8. The molecule has 0 N–H and O–H groups in total. The Morgan fingerprint density at radius 3 is 1.43 bits per heavy atom. The first kappa shape index (κ1) is 30.2. The maximum Gasteiger partial charge on any atom is 0.147 e. The van der Waals surface area contributed by atoms with Gasteiger partial charge in [-0.3, -0.25) is 4.40 Å². The van der Waals surface area contributed by atoms with Crippen LogP contribution in [0, 0.1) is 0 Å². The van der Waals surface area contributed by atoms with Gasteiger partial charge in [-0.2, -0.15) is 0 Å². The third kappa shape index (κ3) is 4.04. The highest BCUT2D eigenvalue weighted by molar-refractivity contribution is 7.25. The molecule has 0 aliphatic carbocycles. The van der Waals surface area contributed by atoms with Gasteiger partial charge in [0.2, 0.25) is 0 Å². The molecule has 0 unspecified atom stereocenters. The molecule has 56 heavy (non-hydrogen) atoms. The Labute approximate surface area is 324 Å². The predicted molar refractivity (Wildman–Crippen MR) is 237 cm³/mol. The Morgan fingerprint density at radius 2 is 0.857 bits per heavy atom. The Morgan fingerprint density at radius 1 is 0.375 bits per heavy atom. The minimum Gasteiger partial charge on any atom is -0.309 e. The van der Waals surface area contributed by atoms with Gasteiger partial charge in [0.1, 0.15) is 10.5 Å². The van der Waals surface area contributed by atoms with Crippen molar-refractivity contribution in [3.8, 4) is 22.5 Å². The van der Waals surface area contributed by atoms with Crippen LogP contribution >= 0.6 is 11.3 Å². The summed E-state index contributed by atoms with van der Waals surface area (Å²) < 4.78 is 8.53. The van der Waals surface area contributed by atoms with Crippen molar-refractivity contribution in [3.05, 3.63) is 182 Å². The maximum atomic E-state index is 5.15. The molecule has 5 heterocycles. The standard InChI is InChI=1S/C51H30N4S/c1-2-18-40-39(17-1)49-41-29-31(25-26-48(41)56-51(49)55-47-24-12-7-19-42(47)52-50(40)55)32-27-33(53-43-20-8-3-13-35(43)36-14-4-9-21-44(36)53)30-34(28-32)54-45-22-10-5-15-37(45)38-16-6-11-23-46(38)54/h1-30H. The summed E-state index contributed by atoms with van der Waals surface area (Å²) in [4.78, 5) is 6.37. The van der Waals surface area contributed by atoms with Gasteiger partial charge in [0, 0.05) is 53.8 Å². The zero-order chi connectivity index (χ0) is 36.5. The SMILES string of the molecule is c1ccc2c(c1)nc1c3ccccc3c3c4cc(-c5cc(-n6c7ccccc7c7ccccc76)cc(-n6c7ccccc7c7ccccc76)c5)ccc4sc3n21. The Kier molecular flexibility index (Phi) is 6.01. The van der Waals surface area contributed by atoms with Gasteiger partial charge < -0.3 is 9.13 Å². The first-order chi connectivity index (χ1) is 27.8. The van der Waals surface area contributed by atoms with Crippen LogP contribution in [0.3, 0.4) is 0 Å². The number of pyridine rings is 1. The zero-order valence-electron chi connectivity index (χ0n) is 30.0. The molecule has 5 aromatic heterocycles. The van der Waals surface area contributed by atoms with Gasteiger partial charge in [0.05, 0.1) is 33.1 Å². The number of para-hydroxylation sites is 6. The molecule has 4 nitrogen and oxygen atoms in total. The Balaban J connectivity index is 1.14. The van der Waals surface area contributed by atoms with E-state index in [-0.39, 0.29) is 0 Å². The second kappa shape index (κ2) is 11.2. The molecular weight excluding hydrogens is 701 g/mol. The van der Waals surface area contributed by atoms with Crippen molar-refractivity contribution in [1.82, 2.24) is 18.5 Å². The van der Waals surface area contributed by atoms with Crippen LogP contribution in [0.2, 0.25) is 0 Å². The van der Waals surface area contributed by atoms with E-state index >= 15 is 0 Å². The number of thiophene rings is 1. The maximum absolute atomic E-state index is 5.15. The Hall–Kier alpha value is -7.21. The third-order valence-corrected chi connectivity index (χ3v) is 12.9. The first-order valence-electron chi connectivity index (χ1n) is 19.1. The summed E-state index contributed by atoms with van der Waals surface area (Å²) >= 11 is 1.85. The van der Waals surface area contributed by atoms with Crippen LogP contribution in [0.4, 0.5) is 0 Å². The number of hydrogen-bond acceptors (Lipinski definition) is 2. The van der Waals surface area contributed by atoms with Gasteiger partial charge in [0.25, 0.3) is 0 Å². The lowest BCUT2D eigenvalue weighted by Gasteiger charge is -2.16. The van der Waals surface area contributed by atoms with E-state index in [2.05, 4.69) is 196 Å². The van der Waals surface area contributed by atoms with E-state index in [9.17, 15) is 0 Å². The lowest BCUT2D eigenvalue weighted by Crippen LogP contribution is -2.00. The van der Waals surface area contributed by atoms with E-state index in [0.717, 1.165) is 28.1 Å². The van der Waals surface area contributed by atoms with Crippen LogP contribution in [0.5, 0.6) is 0 Å². The van der Waals surface area contributed by atoms with E-state index in [4.69, 9.17) is 4.98 Å². The van der Waals surface area contributed by atoms with Crippen molar-refractivity contribution in [2.75, 3.05) is 0 Å². The second-order valence-electron chi connectivity index (χ2n) is 14.8. The minimum absolute atomic E-state index is 1.01. The number of benzene rings is 8. The van der Waals surface area contributed by atoms with Gasteiger partial charge in [-0.15, -0.1) is 11.3 Å². The molecule has 0 radical (unpaired) electrons. The fourth-order valence-electron chi connectivity index (χ4n) is 9.41. The average Bonchev–Trinajstić information content (AvgIpc) is 4.01. The van der Waals surface area contributed by atoms with E-state index in [1.165, 1.54) is 85.8 Å². The molecule has 5 heteroatoms. The molecule has 13 rings (SSSR count). The van der Waals surface area contributed by atoms with Gasteiger partial charge in [-0.1, -0.05) is 115 Å². The number of imidazole rings is 1. The molecule has 0 amide bonds. The molecule has 0 atom stereocenters. The summed E-state index contributed by atoms with van der Waals surface area (Å²) in [5, 5.41) is 9.96. The summed E-state index contributed by atoms with van der Waals surface area (Å²) in [5.74, 6) is 0. The molecule has 13 aromatic rings. The molecular formula is C51H30N4S. The second-order valence-corrected chi connectivity index (χ2v) is 15.8.